The third-order valence-corrected chi connectivity index (χ3v) is 4.86. The zero-order valence-corrected chi connectivity index (χ0v) is 15.2. The van der Waals surface area contributed by atoms with Crippen molar-refractivity contribution in [2.24, 2.45) is 5.73 Å². The molecule has 2 rings (SSSR count). The summed E-state index contributed by atoms with van der Waals surface area (Å²) in [5.74, 6) is 0. The van der Waals surface area contributed by atoms with Crippen molar-refractivity contribution in [1.82, 2.24) is 0 Å². The van der Waals surface area contributed by atoms with Crippen LogP contribution in [0.1, 0.15) is 69.1 Å². The minimum absolute atomic E-state index is 0.223. The van der Waals surface area contributed by atoms with Crippen LogP contribution in [0.15, 0.2) is 61.2 Å². The summed E-state index contributed by atoms with van der Waals surface area (Å²) in [6, 6.07) is 19.1. The Labute approximate surface area is 147 Å². The Morgan fingerprint density at radius 2 is 1.46 bits per heavy atom. The van der Waals surface area contributed by atoms with Gasteiger partial charge in [-0.25, -0.2) is 0 Å². The van der Waals surface area contributed by atoms with Crippen LogP contribution in [-0.2, 0) is 5.54 Å². The molecule has 0 amide bonds. The molecule has 1 nitrogen and oxygen atoms in total. The predicted molar refractivity (Wildman–Crippen MR) is 106 cm³/mol. The first kappa shape index (κ1) is 18.5. The van der Waals surface area contributed by atoms with Crippen molar-refractivity contribution >= 4 is 5.57 Å². The lowest BCUT2D eigenvalue weighted by Crippen LogP contribution is -2.36. The SMILES string of the molecule is C=C(c1ccccc1)c1cccc(C(N)(CCCC)CCCC)c1. The van der Waals surface area contributed by atoms with Crippen molar-refractivity contribution in [3.05, 3.63) is 77.9 Å². The molecule has 0 radical (unpaired) electrons. The molecule has 0 aliphatic rings. The summed E-state index contributed by atoms with van der Waals surface area (Å²) in [6.45, 7) is 8.76. The summed E-state index contributed by atoms with van der Waals surface area (Å²) in [6.07, 6.45) is 6.80. The number of hydrogen-bond acceptors (Lipinski definition) is 1. The fourth-order valence-corrected chi connectivity index (χ4v) is 3.22. The minimum Gasteiger partial charge on any atom is -0.321 e. The van der Waals surface area contributed by atoms with Gasteiger partial charge in [0, 0.05) is 5.54 Å². The van der Waals surface area contributed by atoms with E-state index in [1.165, 1.54) is 42.4 Å². The normalized spacial score (nSPS) is 11.5. The monoisotopic (exact) mass is 321 g/mol. The van der Waals surface area contributed by atoms with Crippen molar-refractivity contribution < 1.29 is 0 Å². The molecule has 0 saturated heterocycles. The summed E-state index contributed by atoms with van der Waals surface area (Å²) in [5, 5.41) is 0. The smallest absolute Gasteiger partial charge is 0.0409 e. The van der Waals surface area contributed by atoms with E-state index in [-0.39, 0.29) is 5.54 Å². The number of unbranched alkanes of at least 4 members (excludes halogenated alkanes) is 2. The average molecular weight is 322 g/mol. The average Bonchev–Trinajstić information content (AvgIpc) is 2.65. The Morgan fingerprint density at radius 1 is 0.875 bits per heavy atom. The van der Waals surface area contributed by atoms with Crippen LogP contribution in [0.4, 0.5) is 0 Å². The van der Waals surface area contributed by atoms with Gasteiger partial charge in [-0.1, -0.05) is 94.6 Å². The van der Waals surface area contributed by atoms with E-state index in [4.69, 9.17) is 5.73 Å². The molecule has 0 aliphatic heterocycles. The van der Waals surface area contributed by atoms with E-state index in [0.717, 1.165) is 18.4 Å². The number of hydrogen-bond donors (Lipinski definition) is 1. The third kappa shape index (κ3) is 4.58. The van der Waals surface area contributed by atoms with Crippen molar-refractivity contribution in [1.29, 1.82) is 0 Å². The van der Waals surface area contributed by atoms with Crippen molar-refractivity contribution in [2.75, 3.05) is 0 Å². The third-order valence-electron chi connectivity index (χ3n) is 4.86. The summed E-state index contributed by atoms with van der Waals surface area (Å²) in [4.78, 5) is 0. The van der Waals surface area contributed by atoms with Crippen molar-refractivity contribution in [2.45, 2.75) is 57.9 Å². The quantitative estimate of drug-likeness (QED) is 0.577. The van der Waals surface area contributed by atoms with Crippen molar-refractivity contribution in [3.63, 3.8) is 0 Å². The maximum atomic E-state index is 6.87. The van der Waals surface area contributed by atoms with Gasteiger partial charge in [0.05, 0.1) is 0 Å². The second-order valence-corrected chi connectivity index (χ2v) is 6.79. The largest absolute Gasteiger partial charge is 0.321 e. The van der Waals surface area contributed by atoms with Crippen molar-refractivity contribution in [3.8, 4) is 0 Å². The number of nitrogens with two attached hydrogens (primary N) is 1. The van der Waals surface area contributed by atoms with Gasteiger partial charge in [0.1, 0.15) is 0 Å². The van der Waals surface area contributed by atoms with Gasteiger partial charge < -0.3 is 5.73 Å². The molecular weight excluding hydrogens is 290 g/mol. The van der Waals surface area contributed by atoms with E-state index < -0.39 is 0 Å². The highest BCUT2D eigenvalue weighted by Crippen LogP contribution is 2.32. The highest BCUT2D eigenvalue weighted by molar-refractivity contribution is 5.78. The molecule has 2 N–H and O–H groups in total. The van der Waals surface area contributed by atoms with E-state index in [9.17, 15) is 0 Å². The van der Waals surface area contributed by atoms with E-state index >= 15 is 0 Å². The zero-order valence-electron chi connectivity index (χ0n) is 15.2. The molecule has 1 heteroatoms. The molecule has 0 heterocycles. The van der Waals surface area contributed by atoms with Gasteiger partial charge in [0.15, 0.2) is 0 Å². The Hall–Kier alpha value is -1.86. The minimum atomic E-state index is -0.223. The number of benzene rings is 2. The molecule has 2 aromatic rings. The highest BCUT2D eigenvalue weighted by atomic mass is 14.7. The molecule has 2 aromatic carbocycles. The summed E-state index contributed by atoms with van der Waals surface area (Å²) >= 11 is 0. The van der Waals surface area contributed by atoms with Crippen LogP contribution in [0.3, 0.4) is 0 Å². The second kappa shape index (κ2) is 8.84. The first-order valence-corrected chi connectivity index (χ1v) is 9.25. The maximum Gasteiger partial charge on any atom is 0.0409 e. The molecule has 24 heavy (non-hydrogen) atoms. The van der Waals surface area contributed by atoms with E-state index in [2.05, 4.69) is 69.0 Å². The fraction of sp³-hybridized carbons (Fsp3) is 0.391. The molecule has 0 aromatic heterocycles. The van der Waals surface area contributed by atoms with Gasteiger partial charge in [0.25, 0.3) is 0 Å². The van der Waals surface area contributed by atoms with Crippen LogP contribution in [0.25, 0.3) is 5.57 Å². The van der Waals surface area contributed by atoms with Crippen LogP contribution in [0.2, 0.25) is 0 Å². The Morgan fingerprint density at radius 3 is 2.04 bits per heavy atom. The van der Waals surface area contributed by atoms with Crippen LogP contribution in [0, 0.1) is 0 Å². The molecule has 0 fully saturated rings. The molecule has 0 spiro atoms. The topological polar surface area (TPSA) is 26.0 Å². The first-order chi connectivity index (χ1) is 11.6. The predicted octanol–water partition coefficient (Wildman–Crippen LogP) is 6.28. The van der Waals surface area contributed by atoms with Crippen LogP contribution in [-0.4, -0.2) is 0 Å². The Balaban J connectivity index is 2.31. The van der Waals surface area contributed by atoms with Gasteiger partial charge in [-0.15, -0.1) is 0 Å². The molecule has 0 saturated carbocycles. The van der Waals surface area contributed by atoms with Crippen LogP contribution in [0.5, 0.6) is 0 Å². The van der Waals surface area contributed by atoms with Gasteiger partial charge in [-0.05, 0) is 41.2 Å². The van der Waals surface area contributed by atoms with Crippen LogP contribution >= 0.6 is 0 Å². The van der Waals surface area contributed by atoms with E-state index in [0.29, 0.717) is 0 Å². The lowest BCUT2D eigenvalue weighted by Gasteiger charge is -2.31. The van der Waals surface area contributed by atoms with Gasteiger partial charge >= 0.3 is 0 Å². The lowest BCUT2D eigenvalue weighted by atomic mass is 9.80. The molecule has 0 aliphatic carbocycles. The highest BCUT2D eigenvalue weighted by Gasteiger charge is 2.26. The van der Waals surface area contributed by atoms with Gasteiger partial charge in [0.2, 0.25) is 0 Å². The molecule has 0 unspecified atom stereocenters. The maximum absolute atomic E-state index is 6.87. The second-order valence-electron chi connectivity index (χ2n) is 6.79. The summed E-state index contributed by atoms with van der Waals surface area (Å²) < 4.78 is 0. The molecule has 0 bridgehead atoms. The molecular formula is C23H31N. The van der Waals surface area contributed by atoms with E-state index in [1.807, 2.05) is 6.07 Å². The molecule has 0 atom stereocenters. The summed E-state index contributed by atoms with van der Waals surface area (Å²) in [7, 11) is 0. The summed E-state index contributed by atoms with van der Waals surface area (Å²) in [5.41, 5.74) is 11.3. The zero-order chi connectivity index (χ0) is 17.4. The molecule has 128 valence electrons. The standard InChI is InChI=1S/C23H31N/c1-4-6-16-23(24,17-7-5-2)22-15-11-14-21(18-22)19(3)20-12-9-8-10-13-20/h8-15,18H,3-7,16-17,24H2,1-2H3. The number of rotatable bonds is 9. The Bertz CT molecular complexity index is 634. The fourth-order valence-electron chi connectivity index (χ4n) is 3.22. The Kier molecular flexibility index (Phi) is 6.81. The van der Waals surface area contributed by atoms with E-state index in [1.54, 1.807) is 0 Å². The van der Waals surface area contributed by atoms with Crippen LogP contribution < -0.4 is 5.73 Å². The van der Waals surface area contributed by atoms with Gasteiger partial charge in [-0.3, -0.25) is 0 Å². The lowest BCUT2D eigenvalue weighted by molar-refractivity contribution is 0.353. The van der Waals surface area contributed by atoms with Gasteiger partial charge in [-0.2, -0.15) is 0 Å². The first-order valence-electron chi connectivity index (χ1n) is 9.25.